The summed E-state index contributed by atoms with van der Waals surface area (Å²) in [6.07, 6.45) is 60.9. The van der Waals surface area contributed by atoms with Crippen LogP contribution in [0.4, 0.5) is 0 Å². The van der Waals surface area contributed by atoms with Crippen molar-refractivity contribution in [2.75, 3.05) is 13.2 Å². The number of rotatable bonds is 48. The van der Waals surface area contributed by atoms with Crippen LogP contribution >= 0.6 is 0 Å². The van der Waals surface area contributed by atoms with Crippen molar-refractivity contribution in [1.29, 1.82) is 0 Å². The Morgan fingerprint density at radius 1 is 0.339 bits per heavy atom. The second-order valence-corrected chi connectivity index (χ2v) is 17.8. The Morgan fingerprint density at radius 3 is 0.984 bits per heavy atom. The number of esters is 3. The molecule has 360 valence electrons. The monoisotopic (exact) mass is 869 g/mol. The van der Waals surface area contributed by atoms with Gasteiger partial charge >= 0.3 is 17.9 Å². The molecule has 0 aromatic carbocycles. The van der Waals surface area contributed by atoms with Gasteiger partial charge in [0, 0.05) is 19.3 Å². The molecule has 0 radical (unpaired) electrons. The van der Waals surface area contributed by atoms with Crippen LogP contribution in [0.25, 0.3) is 0 Å². The summed E-state index contributed by atoms with van der Waals surface area (Å²) >= 11 is 0. The van der Waals surface area contributed by atoms with Gasteiger partial charge < -0.3 is 14.2 Å². The van der Waals surface area contributed by atoms with E-state index in [-0.39, 0.29) is 31.1 Å². The van der Waals surface area contributed by atoms with Crippen molar-refractivity contribution in [3.05, 3.63) is 48.6 Å². The van der Waals surface area contributed by atoms with Crippen molar-refractivity contribution in [2.45, 2.75) is 277 Å². The summed E-state index contributed by atoms with van der Waals surface area (Å²) < 4.78 is 16.8. The summed E-state index contributed by atoms with van der Waals surface area (Å²) in [6, 6.07) is 0. The van der Waals surface area contributed by atoms with Gasteiger partial charge in [-0.3, -0.25) is 14.4 Å². The molecule has 0 amide bonds. The van der Waals surface area contributed by atoms with Gasteiger partial charge in [-0.25, -0.2) is 0 Å². The predicted octanol–water partition coefficient (Wildman–Crippen LogP) is 17.5. The highest BCUT2D eigenvalue weighted by Gasteiger charge is 2.19. The number of hydrogen-bond acceptors (Lipinski definition) is 6. The zero-order valence-electron chi connectivity index (χ0n) is 41.1. The minimum absolute atomic E-state index is 0.0717. The fourth-order valence-corrected chi connectivity index (χ4v) is 7.61. The zero-order chi connectivity index (χ0) is 45.1. The van der Waals surface area contributed by atoms with E-state index in [1.807, 2.05) is 0 Å². The van der Waals surface area contributed by atoms with Crippen molar-refractivity contribution in [2.24, 2.45) is 0 Å². The van der Waals surface area contributed by atoms with E-state index in [1.54, 1.807) is 0 Å². The van der Waals surface area contributed by atoms with E-state index < -0.39 is 6.10 Å². The molecule has 6 heteroatoms. The van der Waals surface area contributed by atoms with E-state index in [0.717, 1.165) is 89.9 Å². The summed E-state index contributed by atoms with van der Waals surface area (Å²) in [5.41, 5.74) is 0. The molecular formula is C56H100O6. The third-order valence-electron chi connectivity index (χ3n) is 11.6. The van der Waals surface area contributed by atoms with Crippen LogP contribution in [-0.4, -0.2) is 37.2 Å². The van der Waals surface area contributed by atoms with Crippen LogP contribution < -0.4 is 0 Å². The first-order valence-electron chi connectivity index (χ1n) is 26.6. The number of unbranched alkanes of at least 4 members (excludes halogenated alkanes) is 29. The van der Waals surface area contributed by atoms with Crippen molar-refractivity contribution in [3.8, 4) is 0 Å². The van der Waals surface area contributed by atoms with Crippen LogP contribution in [0.5, 0.6) is 0 Å². The molecule has 1 unspecified atom stereocenters. The lowest BCUT2D eigenvalue weighted by Crippen LogP contribution is -2.30. The van der Waals surface area contributed by atoms with Crippen molar-refractivity contribution < 1.29 is 28.6 Å². The minimum Gasteiger partial charge on any atom is -0.462 e. The first-order chi connectivity index (χ1) is 30.5. The SMILES string of the molecule is CC/C=C\C/C=C\C/C=C\C/C=C\CCCCCCCCCCC(=O)OCC(COC(=O)CCCCCCCCCCCCC)OC(=O)CCCCCCCCCCCCCC. The van der Waals surface area contributed by atoms with Gasteiger partial charge in [-0.2, -0.15) is 0 Å². The molecule has 0 N–H and O–H groups in total. The molecule has 0 rings (SSSR count). The summed E-state index contributed by atoms with van der Waals surface area (Å²) in [7, 11) is 0. The maximum Gasteiger partial charge on any atom is 0.306 e. The van der Waals surface area contributed by atoms with Crippen LogP contribution in [0.3, 0.4) is 0 Å². The summed E-state index contributed by atoms with van der Waals surface area (Å²) in [5, 5.41) is 0. The Balaban J connectivity index is 4.29. The topological polar surface area (TPSA) is 78.9 Å². The molecule has 0 saturated carbocycles. The third-order valence-corrected chi connectivity index (χ3v) is 11.6. The van der Waals surface area contributed by atoms with E-state index in [4.69, 9.17) is 14.2 Å². The molecular weight excluding hydrogens is 769 g/mol. The van der Waals surface area contributed by atoms with Gasteiger partial charge in [-0.05, 0) is 57.8 Å². The molecule has 0 aromatic rings. The van der Waals surface area contributed by atoms with Gasteiger partial charge in [0.05, 0.1) is 0 Å². The molecule has 0 aliphatic carbocycles. The average molecular weight is 869 g/mol. The second kappa shape index (κ2) is 51.0. The van der Waals surface area contributed by atoms with Crippen LogP contribution in [-0.2, 0) is 28.6 Å². The van der Waals surface area contributed by atoms with Gasteiger partial charge in [-0.1, -0.05) is 243 Å². The lowest BCUT2D eigenvalue weighted by atomic mass is 10.0. The van der Waals surface area contributed by atoms with Crippen LogP contribution in [0, 0.1) is 0 Å². The fraction of sp³-hybridized carbons (Fsp3) is 0.804. The van der Waals surface area contributed by atoms with Crippen LogP contribution in [0.1, 0.15) is 271 Å². The Kier molecular flexibility index (Phi) is 48.8. The Bertz CT molecular complexity index is 1090. The molecule has 0 bridgehead atoms. The number of carbonyl (C=O) groups excluding carboxylic acids is 3. The standard InChI is InChI=1S/C56H100O6/c1-4-7-10-13-16-19-22-24-25-26-27-28-29-30-31-32-35-37-40-43-46-49-55(58)61-52-53(51-60-54(57)48-45-42-39-36-33-21-18-15-12-9-6-3)62-56(59)50-47-44-41-38-34-23-20-17-14-11-8-5-2/h7,10,16,19,24-25,27-28,53H,4-6,8-9,11-15,17-18,20-23,26,29-52H2,1-3H3/b10-7-,19-16-,25-24-,28-27-. The van der Waals surface area contributed by atoms with Crippen molar-refractivity contribution in [1.82, 2.24) is 0 Å². The fourth-order valence-electron chi connectivity index (χ4n) is 7.61. The van der Waals surface area contributed by atoms with Gasteiger partial charge in [0.15, 0.2) is 6.10 Å². The minimum atomic E-state index is -0.770. The molecule has 62 heavy (non-hydrogen) atoms. The molecule has 0 aromatic heterocycles. The summed E-state index contributed by atoms with van der Waals surface area (Å²) in [6.45, 7) is 6.53. The highest BCUT2D eigenvalue weighted by molar-refractivity contribution is 5.71. The summed E-state index contributed by atoms with van der Waals surface area (Å²) in [4.78, 5) is 37.9. The smallest absolute Gasteiger partial charge is 0.306 e. The van der Waals surface area contributed by atoms with E-state index in [1.165, 1.54) is 141 Å². The molecule has 0 aliphatic rings. The summed E-state index contributed by atoms with van der Waals surface area (Å²) in [5.74, 6) is -0.871. The Morgan fingerprint density at radius 2 is 0.629 bits per heavy atom. The molecule has 0 fully saturated rings. The zero-order valence-corrected chi connectivity index (χ0v) is 41.1. The van der Waals surface area contributed by atoms with Crippen LogP contribution in [0.15, 0.2) is 48.6 Å². The molecule has 0 spiro atoms. The molecule has 1 atom stereocenters. The van der Waals surface area contributed by atoms with Crippen molar-refractivity contribution >= 4 is 17.9 Å². The van der Waals surface area contributed by atoms with Gasteiger partial charge in [0.2, 0.25) is 0 Å². The highest BCUT2D eigenvalue weighted by Crippen LogP contribution is 2.16. The lowest BCUT2D eigenvalue weighted by molar-refractivity contribution is -0.167. The van der Waals surface area contributed by atoms with E-state index in [2.05, 4.69) is 69.4 Å². The number of carbonyl (C=O) groups is 3. The van der Waals surface area contributed by atoms with Gasteiger partial charge in [-0.15, -0.1) is 0 Å². The number of ether oxygens (including phenoxy) is 3. The molecule has 0 heterocycles. The average Bonchev–Trinajstić information content (AvgIpc) is 3.27. The van der Waals surface area contributed by atoms with Gasteiger partial charge in [0.25, 0.3) is 0 Å². The second-order valence-electron chi connectivity index (χ2n) is 17.8. The third kappa shape index (κ3) is 48.4. The van der Waals surface area contributed by atoms with Gasteiger partial charge in [0.1, 0.15) is 13.2 Å². The molecule has 0 aliphatic heterocycles. The van der Waals surface area contributed by atoms with E-state index in [9.17, 15) is 14.4 Å². The largest absolute Gasteiger partial charge is 0.462 e. The first kappa shape index (κ1) is 59.4. The van der Waals surface area contributed by atoms with Crippen LogP contribution in [0.2, 0.25) is 0 Å². The molecule has 0 saturated heterocycles. The maximum absolute atomic E-state index is 12.8. The first-order valence-corrected chi connectivity index (χ1v) is 26.6. The van der Waals surface area contributed by atoms with E-state index >= 15 is 0 Å². The number of hydrogen-bond donors (Lipinski definition) is 0. The quantitative estimate of drug-likeness (QED) is 0.0262. The van der Waals surface area contributed by atoms with Crippen molar-refractivity contribution in [3.63, 3.8) is 0 Å². The maximum atomic E-state index is 12.8. The lowest BCUT2D eigenvalue weighted by Gasteiger charge is -2.18. The Labute approximate surface area is 384 Å². The predicted molar refractivity (Wildman–Crippen MR) is 265 cm³/mol. The highest BCUT2D eigenvalue weighted by atomic mass is 16.6. The number of allylic oxidation sites excluding steroid dienone is 8. The normalized spacial score (nSPS) is 12.4. The Hall–Kier alpha value is -2.63. The van der Waals surface area contributed by atoms with E-state index in [0.29, 0.717) is 19.3 Å². The molecule has 6 nitrogen and oxygen atoms in total.